The second kappa shape index (κ2) is 16.7. The fourth-order valence-corrected chi connectivity index (χ4v) is 9.55. The molecule has 310 valence electrons. The molecule has 0 amide bonds. The van der Waals surface area contributed by atoms with Crippen molar-refractivity contribution < 1.29 is 0 Å². The molecule has 0 N–H and O–H groups in total. The number of pyridine rings is 1. The van der Waals surface area contributed by atoms with Crippen molar-refractivity contribution in [3.05, 3.63) is 261 Å². The number of para-hydroxylation sites is 2. The average molecular weight is 842 g/mol. The third-order valence-electron chi connectivity index (χ3n) is 12.8. The molecule has 1 heterocycles. The molecule has 0 fully saturated rings. The van der Waals surface area contributed by atoms with Crippen molar-refractivity contribution in [3.63, 3.8) is 0 Å². The number of benzene rings is 11. The van der Waals surface area contributed by atoms with Gasteiger partial charge in [0.2, 0.25) is 0 Å². The fourth-order valence-electron chi connectivity index (χ4n) is 9.55. The highest BCUT2D eigenvalue weighted by Crippen LogP contribution is 2.43. The van der Waals surface area contributed by atoms with Crippen molar-refractivity contribution in [2.24, 2.45) is 0 Å². The minimum absolute atomic E-state index is 0.933. The van der Waals surface area contributed by atoms with Gasteiger partial charge in [-0.3, -0.25) is 0 Å². The maximum absolute atomic E-state index is 5.38. The first-order chi connectivity index (χ1) is 32.7. The van der Waals surface area contributed by atoms with E-state index in [9.17, 15) is 0 Å². The van der Waals surface area contributed by atoms with E-state index in [2.05, 4.69) is 271 Å². The van der Waals surface area contributed by atoms with Crippen molar-refractivity contribution in [1.82, 2.24) is 4.98 Å². The Hall–Kier alpha value is -8.79. The number of anilines is 6. The summed E-state index contributed by atoms with van der Waals surface area (Å²) in [6.45, 7) is 0. The van der Waals surface area contributed by atoms with Gasteiger partial charge in [0.15, 0.2) is 0 Å². The van der Waals surface area contributed by atoms with Crippen LogP contribution in [0.15, 0.2) is 261 Å². The van der Waals surface area contributed by atoms with Crippen LogP contribution in [0, 0.1) is 0 Å². The molecule has 0 aliphatic heterocycles. The van der Waals surface area contributed by atoms with E-state index in [1.807, 2.05) is 0 Å². The summed E-state index contributed by atoms with van der Waals surface area (Å²) in [5.74, 6) is 0. The van der Waals surface area contributed by atoms with Gasteiger partial charge in [-0.05, 0) is 123 Å². The Bertz CT molecular complexity index is 3680. The summed E-state index contributed by atoms with van der Waals surface area (Å²) in [6.07, 6.45) is 0. The van der Waals surface area contributed by atoms with Gasteiger partial charge in [-0.25, -0.2) is 4.98 Å². The van der Waals surface area contributed by atoms with Crippen LogP contribution in [0.1, 0.15) is 0 Å². The molecule has 3 nitrogen and oxygen atoms in total. The number of nitrogens with zero attached hydrogens (tertiary/aromatic N) is 3. The molecule has 11 aromatic carbocycles. The molecular weight excluding hydrogens is 799 g/mol. The van der Waals surface area contributed by atoms with E-state index in [0.29, 0.717) is 0 Å². The maximum Gasteiger partial charge on any atom is 0.0717 e. The van der Waals surface area contributed by atoms with Gasteiger partial charge in [-0.1, -0.05) is 182 Å². The van der Waals surface area contributed by atoms with Gasteiger partial charge < -0.3 is 9.80 Å². The van der Waals surface area contributed by atoms with Crippen molar-refractivity contribution in [2.45, 2.75) is 0 Å². The van der Waals surface area contributed by atoms with Gasteiger partial charge in [0.05, 0.1) is 22.6 Å². The fraction of sp³-hybridized carbons (Fsp3) is 0. The van der Waals surface area contributed by atoms with Crippen LogP contribution in [0.4, 0.5) is 34.1 Å². The van der Waals surface area contributed by atoms with Crippen LogP contribution in [-0.2, 0) is 0 Å². The molecule has 1 aromatic heterocycles. The minimum Gasteiger partial charge on any atom is -0.310 e. The van der Waals surface area contributed by atoms with Crippen LogP contribution in [0.2, 0.25) is 0 Å². The van der Waals surface area contributed by atoms with Gasteiger partial charge in [0.25, 0.3) is 0 Å². The SMILES string of the molecule is c1ccc(N(c2ccc(-c3ccc(-c4cc(-c5ccc6ccccc6c5)c5cc(N(c6ccccc6)c6cccc7ccccc67)ccc5n4)cc3)cc2)c2cccc3ccccc23)cc1. The molecule has 0 radical (unpaired) electrons. The third-order valence-corrected chi connectivity index (χ3v) is 12.8. The van der Waals surface area contributed by atoms with E-state index in [4.69, 9.17) is 4.98 Å². The molecule has 12 aromatic rings. The summed E-state index contributed by atoms with van der Waals surface area (Å²) < 4.78 is 0. The van der Waals surface area contributed by atoms with E-state index in [1.165, 1.54) is 32.3 Å². The minimum atomic E-state index is 0.933. The van der Waals surface area contributed by atoms with Crippen molar-refractivity contribution in [3.8, 4) is 33.5 Å². The molecule has 0 spiro atoms. The first-order valence-electron chi connectivity index (χ1n) is 22.5. The molecule has 0 saturated heterocycles. The van der Waals surface area contributed by atoms with Gasteiger partial charge in [-0.15, -0.1) is 0 Å². The predicted molar refractivity (Wildman–Crippen MR) is 280 cm³/mol. The Morgan fingerprint density at radius 3 is 1.33 bits per heavy atom. The zero-order valence-electron chi connectivity index (χ0n) is 36.2. The molecule has 66 heavy (non-hydrogen) atoms. The quantitative estimate of drug-likeness (QED) is 0.144. The van der Waals surface area contributed by atoms with Gasteiger partial charge in [0.1, 0.15) is 0 Å². The van der Waals surface area contributed by atoms with E-state index in [-0.39, 0.29) is 0 Å². The lowest BCUT2D eigenvalue weighted by Gasteiger charge is -2.27. The zero-order valence-corrected chi connectivity index (χ0v) is 36.2. The standard InChI is InChI=1S/C63H43N3/c1-3-21-52(22-4-1)65(62-27-13-19-47-16-9-11-25-56(47)62)54-37-35-46(36-38-54)45-29-32-49(33-30-45)61-43-58(51-34-31-44-15-7-8-18-50(44)41-51)59-42-55(39-40-60(59)64-61)66(53-23-5-2-6-24-53)63-28-14-20-48-17-10-12-26-57(48)63/h1-43H. The van der Waals surface area contributed by atoms with E-state index in [0.717, 1.165) is 78.5 Å². The predicted octanol–water partition coefficient (Wildman–Crippen LogP) is 17.6. The summed E-state index contributed by atoms with van der Waals surface area (Å²) in [6, 6.07) is 93.7. The smallest absolute Gasteiger partial charge is 0.0717 e. The highest BCUT2D eigenvalue weighted by Gasteiger charge is 2.19. The van der Waals surface area contributed by atoms with E-state index < -0.39 is 0 Å². The van der Waals surface area contributed by atoms with Gasteiger partial charge in [0, 0.05) is 44.5 Å². The topological polar surface area (TPSA) is 19.4 Å². The van der Waals surface area contributed by atoms with E-state index in [1.54, 1.807) is 0 Å². The van der Waals surface area contributed by atoms with Crippen LogP contribution in [0.5, 0.6) is 0 Å². The van der Waals surface area contributed by atoms with Crippen LogP contribution in [-0.4, -0.2) is 4.98 Å². The summed E-state index contributed by atoms with van der Waals surface area (Å²) in [5.41, 5.74) is 14.2. The first-order valence-corrected chi connectivity index (χ1v) is 22.5. The lowest BCUT2D eigenvalue weighted by atomic mass is 9.95. The number of rotatable bonds is 9. The van der Waals surface area contributed by atoms with Crippen LogP contribution in [0.3, 0.4) is 0 Å². The van der Waals surface area contributed by atoms with Gasteiger partial charge >= 0.3 is 0 Å². The number of hydrogen-bond acceptors (Lipinski definition) is 3. The first kappa shape index (κ1) is 38.9. The largest absolute Gasteiger partial charge is 0.310 e. The average Bonchev–Trinajstić information content (AvgIpc) is 3.39. The number of fused-ring (bicyclic) bond motifs is 4. The van der Waals surface area contributed by atoms with Crippen LogP contribution < -0.4 is 9.80 Å². The second-order valence-electron chi connectivity index (χ2n) is 16.8. The molecule has 0 atom stereocenters. The Kier molecular flexibility index (Phi) is 9.85. The Morgan fingerprint density at radius 2 is 0.712 bits per heavy atom. The summed E-state index contributed by atoms with van der Waals surface area (Å²) in [5, 5.41) is 8.35. The highest BCUT2D eigenvalue weighted by atomic mass is 15.1. The second-order valence-corrected chi connectivity index (χ2v) is 16.8. The lowest BCUT2D eigenvalue weighted by molar-refractivity contribution is 1.30. The van der Waals surface area contributed by atoms with Crippen molar-refractivity contribution >= 4 is 77.3 Å². The monoisotopic (exact) mass is 841 g/mol. The van der Waals surface area contributed by atoms with Crippen LogP contribution in [0.25, 0.3) is 76.7 Å². The summed E-state index contributed by atoms with van der Waals surface area (Å²) in [4.78, 5) is 10.1. The van der Waals surface area contributed by atoms with Crippen LogP contribution >= 0.6 is 0 Å². The molecule has 3 heteroatoms. The molecule has 0 saturated carbocycles. The zero-order chi connectivity index (χ0) is 43.8. The van der Waals surface area contributed by atoms with Crippen molar-refractivity contribution in [1.29, 1.82) is 0 Å². The Morgan fingerprint density at radius 1 is 0.258 bits per heavy atom. The van der Waals surface area contributed by atoms with Crippen molar-refractivity contribution in [2.75, 3.05) is 9.80 Å². The summed E-state index contributed by atoms with van der Waals surface area (Å²) in [7, 11) is 0. The maximum atomic E-state index is 5.38. The third kappa shape index (κ3) is 7.19. The molecule has 0 aliphatic rings. The summed E-state index contributed by atoms with van der Waals surface area (Å²) >= 11 is 0. The highest BCUT2D eigenvalue weighted by molar-refractivity contribution is 6.04. The normalized spacial score (nSPS) is 11.3. The van der Waals surface area contributed by atoms with E-state index >= 15 is 0 Å². The molecule has 12 rings (SSSR count). The molecule has 0 bridgehead atoms. The Labute approximate surface area is 384 Å². The number of aromatic nitrogens is 1. The number of hydrogen-bond donors (Lipinski definition) is 0. The molecular formula is C63H43N3. The van der Waals surface area contributed by atoms with Gasteiger partial charge in [-0.2, -0.15) is 0 Å². The molecule has 0 aliphatic carbocycles. The Balaban J connectivity index is 0.937. The molecule has 0 unspecified atom stereocenters. The lowest BCUT2D eigenvalue weighted by Crippen LogP contribution is -2.10.